The van der Waals surface area contributed by atoms with Crippen molar-refractivity contribution in [3.63, 3.8) is 0 Å². The van der Waals surface area contributed by atoms with Crippen molar-refractivity contribution in [3.05, 3.63) is 17.5 Å². The molecule has 0 aliphatic carbocycles. The van der Waals surface area contributed by atoms with E-state index in [0.29, 0.717) is 5.92 Å². The van der Waals surface area contributed by atoms with E-state index in [-0.39, 0.29) is 11.4 Å². The minimum atomic E-state index is -0.0980. The molecule has 1 amide bonds. The number of rotatable bonds is 3. The number of amides is 1. The zero-order valence-electron chi connectivity index (χ0n) is 13.9. The van der Waals surface area contributed by atoms with Crippen molar-refractivity contribution >= 4 is 5.91 Å². The lowest BCUT2D eigenvalue weighted by Crippen LogP contribution is -2.42. The molecule has 1 unspecified atom stereocenters. The largest absolute Gasteiger partial charge is 0.338 e. The molecule has 1 aliphatic heterocycles. The number of carbonyl (C=O) groups excluding carboxylic acids is 1. The van der Waals surface area contributed by atoms with E-state index in [9.17, 15) is 4.79 Å². The highest BCUT2D eigenvalue weighted by atomic mass is 16.2. The Morgan fingerprint density at radius 2 is 2.19 bits per heavy atom. The van der Waals surface area contributed by atoms with Crippen LogP contribution in [-0.2, 0) is 5.54 Å². The van der Waals surface area contributed by atoms with Crippen LogP contribution in [0.15, 0.2) is 6.20 Å². The van der Waals surface area contributed by atoms with Crippen LogP contribution in [0.5, 0.6) is 0 Å². The molecule has 118 valence electrons. The number of nitrogens with zero attached hydrogens (tertiary/aromatic N) is 3. The number of piperidine rings is 1. The van der Waals surface area contributed by atoms with Gasteiger partial charge in [-0.25, -0.2) is 0 Å². The molecule has 0 radical (unpaired) electrons. The summed E-state index contributed by atoms with van der Waals surface area (Å²) in [7, 11) is 1.97. The fourth-order valence-corrected chi connectivity index (χ4v) is 3.17. The van der Waals surface area contributed by atoms with Gasteiger partial charge in [-0.15, -0.1) is 0 Å². The summed E-state index contributed by atoms with van der Waals surface area (Å²) in [6, 6.07) is 0. The molecule has 1 aliphatic rings. The van der Waals surface area contributed by atoms with Gasteiger partial charge in [-0.2, -0.15) is 5.10 Å². The third-order valence-electron chi connectivity index (χ3n) is 4.17. The van der Waals surface area contributed by atoms with Crippen molar-refractivity contribution in [2.24, 2.45) is 5.92 Å². The quantitative estimate of drug-likeness (QED) is 0.927. The zero-order chi connectivity index (χ0) is 15.6. The molecule has 2 heterocycles. The Morgan fingerprint density at radius 1 is 1.48 bits per heavy atom. The van der Waals surface area contributed by atoms with E-state index in [2.05, 4.69) is 31.2 Å². The molecule has 1 aromatic rings. The molecule has 1 aromatic heterocycles. The van der Waals surface area contributed by atoms with Crippen LogP contribution in [0.4, 0.5) is 0 Å². The van der Waals surface area contributed by atoms with Gasteiger partial charge in [0.2, 0.25) is 0 Å². The van der Waals surface area contributed by atoms with Gasteiger partial charge in [-0.3, -0.25) is 9.48 Å². The fourth-order valence-electron chi connectivity index (χ4n) is 3.17. The summed E-state index contributed by atoms with van der Waals surface area (Å²) in [6.45, 7) is 11.0. The first-order valence-electron chi connectivity index (χ1n) is 7.83. The van der Waals surface area contributed by atoms with E-state index < -0.39 is 0 Å². The van der Waals surface area contributed by atoms with Gasteiger partial charge in [0.05, 0.1) is 17.3 Å². The average molecular weight is 292 g/mol. The Balaban J connectivity index is 2.15. The van der Waals surface area contributed by atoms with Gasteiger partial charge >= 0.3 is 0 Å². The van der Waals surface area contributed by atoms with Crippen molar-refractivity contribution in [2.75, 3.05) is 26.7 Å². The number of carbonyl (C=O) groups is 1. The standard InChI is InChI=1S/C16H28N4O/c1-12-14(10-18-20(12)16(2,3)4)15(21)19-8-6-7-13(11-19)9-17-5/h10,13,17H,6-9,11H2,1-5H3. The smallest absolute Gasteiger partial charge is 0.257 e. The Kier molecular flexibility index (Phi) is 4.71. The van der Waals surface area contributed by atoms with Crippen LogP contribution < -0.4 is 5.32 Å². The molecule has 21 heavy (non-hydrogen) atoms. The molecular weight excluding hydrogens is 264 g/mol. The molecule has 2 rings (SSSR count). The first kappa shape index (κ1) is 16.0. The van der Waals surface area contributed by atoms with E-state index in [1.165, 1.54) is 6.42 Å². The van der Waals surface area contributed by atoms with Crippen LogP contribution in [-0.4, -0.2) is 47.3 Å². The average Bonchev–Trinajstić information content (AvgIpc) is 2.80. The minimum Gasteiger partial charge on any atom is -0.338 e. The second-order valence-corrected chi connectivity index (χ2v) is 7.04. The summed E-state index contributed by atoms with van der Waals surface area (Å²) in [6.07, 6.45) is 4.01. The molecule has 1 atom stereocenters. The summed E-state index contributed by atoms with van der Waals surface area (Å²) in [5.74, 6) is 0.689. The van der Waals surface area contributed by atoms with Crippen LogP contribution in [0.3, 0.4) is 0 Å². The summed E-state index contributed by atoms with van der Waals surface area (Å²) >= 11 is 0. The molecular formula is C16H28N4O. The summed E-state index contributed by atoms with van der Waals surface area (Å²) < 4.78 is 1.94. The molecule has 0 spiro atoms. The lowest BCUT2D eigenvalue weighted by molar-refractivity contribution is 0.0673. The van der Waals surface area contributed by atoms with Gasteiger partial charge in [0.15, 0.2) is 0 Å². The van der Waals surface area contributed by atoms with Gasteiger partial charge in [0.25, 0.3) is 5.91 Å². The topological polar surface area (TPSA) is 50.2 Å². The van der Waals surface area contributed by atoms with Crippen LogP contribution in [0.25, 0.3) is 0 Å². The molecule has 0 aromatic carbocycles. The molecule has 1 fully saturated rings. The van der Waals surface area contributed by atoms with Crippen molar-refractivity contribution in [2.45, 2.75) is 46.1 Å². The fraction of sp³-hybridized carbons (Fsp3) is 0.750. The van der Waals surface area contributed by atoms with Crippen molar-refractivity contribution in [3.8, 4) is 0 Å². The predicted molar refractivity (Wildman–Crippen MR) is 84.5 cm³/mol. The predicted octanol–water partition coefficient (Wildman–Crippen LogP) is 2.02. The third-order valence-corrected chi connectivity index (χ3v) is 4.17. The molecule has 5 nitrogen and oxygen atoms in total. The number of hydrogen-bond acceptors (Lipinski definition) is 3. The van der Waals surface area contributed by atoms with Crippen LogP contribution in [0, 0.1) is 12.8 Å². The van der Waals surface area contributed by atoms with E-state index in [1.807, 2.05) is 23.6 Å². The highest BCUT2D eigenvalue weighted by Gasteiger charge is 2.28. The van der Waals surface area contributed by atoms with Gasteiger partial charge in [-0.05, 0) is 60.0 Å². The second kappa shape index (κ2) is 6.18. The lowest BCUT2D eigenvalue weighted by atomic mass is 9.97. The second-order valence-electron chi connectivity index (χ2n) is 7.04. The van der Waals surface area contributed by atoms with Crippen molar-refractivity contribution < 1.29 is 4.79 Å². The van der Waals surface area contributed by atoms with Crippen LogP contribution in [0.2, 0.25) is 0 Å². The lowest BCUT2D eigenvalue weighted by Gasteiger charge is -2.32. The van der Waals surface area contributed by atoms with Crippen molar-refractivity contribution in [1.29, 1.82) is 0 Å². The van der Waals surface area contributed by atoms with E-state index in [1.54, 1.807) is 6.20 Å². The number of hydrogen-bond donors (Lipinski definition) is 1. The molecule has 1 N–H and O–H groups in total. The Bertz CT molecular complexity index is 499. The Morgan fingerprint density at radius 3 is 2.76 bits per heavy atom. The third kappa shape index (κ3) is 3.46. The zero-order valence-corrected chi connectivity index (χ0v) is 13.9. The molecule has 5 heteroatoms. The van der Waals surface area contributed by atoms with Crippen LogP contribution in [0.1, 0.15) is 49.7 Å². The summed E-state index contributed by atoms with van der Waals surface area (Å²) in [4.78, 5) is 14.8. The van der Waals surface area contributed by atoms with Crippen molar-refractivity contribution in [1.82, 2.24) is 20.0 Å². The van der Waals surface area contributed by atoms with E-state index in [4.69, 9.17) is 0 Å². The molecule has 0 bridgehead atoms. The summed E-state index contributed by atoms with van der Waals surface area (Å²) in [5, 5.41) is 7.63. The van der Waals surface area contributed by atoms with Gasteiger partial charge < -0.3 is 10.2 Å². The number of aromatic nitrogens is 2. The Hall–Kier alpha value is -1.36. The first-order chi connectivity index (χ1) is 9.84. The van der Waals surface area contributed by atoms with E-state index >= 15 is 0 Å². The highest BCUT2D eigenvalue weighted by molar-refractivity contribution is 5.95. The van der Waals surface area contributed by atoms with E-state index in [0.717, 1.165) is 37.3 Å². The molecule has 1 saturated heterocycles. The van der Waals surface area contributed by atoms with Gasteiger partial charge in [0.1, 0.15) is 0 Å². The van der Waals surface area contributed by atoms with Crippen LogP contribution >= 0.6 is 0 Å². The van der Waals surface area contributed by atoms with Gasteiger partial charge in [-0.1, -0.05) is 0 Å². The van der Waals surface area contributed by atoms with Gasteiger partial charge in [0, 0.05) is 18.8 Å². The molecule has 0 saturated carbocycles. The summed E-state index contributed by atoms with van der Waals surface area (Å²) in [5.41, 5.74) is 1.61. The first-order valence-corrected chi connectivity index (χ1v) is 7.83. The minimum absolute atomic E-state index is 0.0980. The Labute approximate surface area is 127 Å². The maximum absolute atomic E-state index is 12.8. The maximum atomic E-state index is 12.8. The SMILES string of the molecule is CNCC1CCCN(C(=O)c2cnn(C(C)(C)C)c2C)C1. The monoisotopic (exact) mass is 292 g/mol. The highest BCUT2D eigenvalue weighted by Crippen LogP contribution is 2.22. The number of likely N-dealkylation sites (tertiary alicyclic amines) is 1. The number of nitrogens with one attached hydrogen (secondary N) is 1. The maximum Gasteiger partial charge on any atom is 0.257 e. The normalized spacial score (nSPS) is 19.9.